The molecular formula is C17H15ClF3NO. The number of amides is 1. The molecule has 0 aliphatic rings. The summed E-state index contributed by atoms with van der Waals surface area (Å²) in [6, 6.07) is 11.0. The zero-order valence-electron chi connectivity index (χ0n) is 12.6. The van der Waals surface area contributed by atoms with E-state index in [4.69, 9.17) is 11.6 Å². The SMILES string of the molecule is CC(c1cccc(Cl)c1)N(C)C(=O)c1ccc(C(F)(F)F)cc1. The highest BCUT2D eigenvalue weighted by Gasteiger charge is 2.30. The van der Waals surface area contributed by atoms with E-state index in [0.29, 0.717) is 5.02 Å². The molecule has 1 atom stereocenters. The standard InChI is InChI=1S/C17H15ClF3NO/c1-11(13-4-3-5-15(18)10-13)22(2)16(23)12-6-8-14(9-7-12)17(19,20)21/h3-11H,1-2H3. The average molecular weight is 342 g/mol. The molecule has 0 bridgehead atoms. The molecule has 0 spiro atoms. The van der Waals surface area contributed by atoms with Crippen LogP contribution in [0.5, 0.6) is 0 Å². The van der Waals surface area contributed by atoms with E-state index in [9.17, 15) is 18.0 Å². The number of hydrogen-bond acceptors (Lipinski definition) is 1. The van der Waals surface area contributed by atoms with E-state index >= 15 is 0 Å². The molecule has 2 rings (SSSR count). The minimum absolute atomic E-state index is 0.203. The van der Waals surface area contributed by atoms with Crippen molar-refractivity contribution in [3.63, 3.8) is 0 Å². The zero-order chi connectivity index (χ0) is 17.2. The van der Waals surface area contributed by atoms with Crippen LogP contribution in [0.25, 0.3) is 0 Å². The molecule has 0 aliphatic heterocycles. The molecule has 0 saturated carbocycles. The Morgan fingerprint density at radius 2 is 1.74 bits per heavy atom. The first-order valence-corrected chi connectivity index (χ1v) is 7.28. The van der Waals surface area contributed by atoms with Gasteiger partial charge in [0.25, 0.3) is 5.91 Å². The molecule has 0 heterocycles. The Balaban J connectivity index is 2.19. The van der Waals surface area contributed by atoms with E-state index in [1.165, 1.54) is 17.0 Å². The quantitative estimate of drug-likeness (QED) is 0.752. The van der Waals surface area contributed by atoms with Crippen molar-refractivity contribution in [3.8, 4) is 0 Å². The van der Waals surface area contributed by atoms with E-state index in [1.54, 1.807) is 25.2 Å². The molecule has 2 nitrogen and oxygen atoms in total. The van der Waals surface area contributed by atoms with Crippen LogP contribution in [0, 0.1) is 0 Å². The second-order valence-electron chi connectivity index (χ2n) is 5.22. The summed E-state index contributed by atoms with van der Waals surface area (Å²) in [5.41, 5.74) is 0.272. The number of rotatable bonds is 3. The number of benzene rings is 2. The lowest BCUT2D eigenvalue weighted by atomic mass is 10.1. The lowest BCUT2D eigenvalue weighted by molar-refractivity contribution is -0.137. The summed E-state index contributed by atoms with van der Waals surface area (Å²) in [5.74, 6) is -0.355. The monoisotopic (exact) mass is 341 g/mol. The molecule has 0 radical (unpaired) electrons. The molecule has 122 valence electrons. The van der Waals surface area contributed by atoms with Crippen LogP contribution in [0.4, 0.5) is 13.2 Å². The number of carbonyl (C=O) groups excluding carboxylic acids is 1. The van der Waals surface area contributed by atoms with E-state index in [2.05, 4.69) is 0 Å². The van der Waals surface area contributed by atoms with Gasteiger partial charge >= 0.3 is 6.18 Å². The summed E-state index contributed by atoms with van der Waals surface area (Å²) in [6.07, 6.45) is -4.42. The Morgan fingerprint density at radius 1 is 1.13 bits per heavy atom. The first-order chi connectivity index (χ1) is 10.7. The number of alkyl halides is 3. The number of hydrogen-bond donors (Lipinski definition) is 0. The van der Waals surface area contributed by atoms with Crippen LogP contribution in [0.15, 0.2) is 48.5 Å². The highest BCUT2D eigenvalue weighted by atomic mass is 35.5. The fourth-order valence-corrected chi connectivity index (χ4v) is 2.37. The van der Waals surface area contributed by atoms with Gasteiger partial charge in [-0.1, -0.05) is 23.7 Å². The Labute approximate surface area is 137 Å². The molecule has 0 saturated heterocycles. The van der Waals surface area contributed by atoms with Gasteiger partial charge in [0.05, 0.1) is 11.6 Å². The number of nitrogens with zero attached hydrogens (tertiary/aromatic N) is 1. The normalized spacial score (nSPS) is 12.8. The van der Waals surface area contributed by atoms with Gasteiger partial charge in [-0.3, -0.25) is 4.79 Å². The van der Waals surface area contributed by atoms with Crippen LogP contribution in [-0.4, -0.2) is 17.9 Å². The average Bonchev–Trinajstić information content (AvgIpc) is 2.52. The fraction of sp³-hybridized carbons (Fsp3) is 0.235. The summed E-state index contributed by atoms with van der Waals surface area (Å²) in [4.78, 5) is 13.9. The van der Waals surface area contributed by atoms with Crippen molar-refractivity contribution in [2.45, 2.75) is 19.1 Å². The molecule has 2 aromatic carbocycles. The summed E-state index contributed by atoms with van der Waals surface area (Å²) in [7, 11) is 1.60. The van der Waals surface area contributed by atoms with Gasteiger partial charge in [-0.15, -0.1) is 0 Å². The predicted molar refractivity (Wildman–Crippen MR) is 83.4 cm³/mol. The van der Waals surface area contributed by atoms with Crippen molar-refractivity contribution in [1.82, 2.24) is 4.90 Å². The fourth-order valence-electron chi connectivity index (χ4n) is 2.17. The first kappa shape index (κ1) is 17.3. The number of carbonyl (C=O) groups is 1. The lowest BCUT2D eigenvalue weighted by Crippen LogP contribution is -2.29. The topological polar surface area (TPSA) is 20.3 Å². The van der Waals surface area contributed by atoms with Crippen molar-refractivity contribution < 1.29 is 18.0 Å². The van der Waals surface area contributed by atoms with E-state index in [0.717, 1.165) is 17.7 Å². The maximum absolute atomic E-state index is 12.6. The molecule has 0 fully saturated rings. The molecule has 1 amide bonds. The van der Waals surface area contributed by atoms with Crippen LogP contribution in [-0.2, 0) is 6.18 Å². The zero-order valence-corrected chi connectivity index (χ0v) is 13.3. The van der Waals surface area contributed by atoms with Gasteiger partial charge in [-0.2, -0.15) is 13.2 Å². The predicted octanol–water partition coefficient (Wildman–Crippen LogP) is 5.19. The minimum Gasteiger partial charge on any atom is -0.335 e. The first-order valence-electron chi connectivity index (χ1n) is 6.90. The van der Waals surface area contributed by atoms with Crippen LogP contribution >= 0.6 is 11.6 Å². The molecule has 0 aliphatic carbocycles. The third kappa shape index (κ3) is 4.05. The smallest absolute Gasteiger partial charge is 0.335 e. The maximum atomic E-state index is 12.6. The van der Waals surface area contributed by atoms with Crippen molar-refractivity contribution in [3.05, 3.63) is 70.2 Å². The van der Waals surface area contributed by atoms with Crippen LogP contribution in [0.1, 0.15) is 34.5 Å². The second-order valence-corrected chi connectivity index (χ2v) is 5.66. The van der Waals surface area contributed by atoms with Gasteiger partial charge in [0.2, 0.25) is 0 Å². The summed E-state index contributed by atoms with van der Waals surface area (Å²) in [6.45, 7) is 1.83. The van der Waals surface area contributed by atoms with E-state index in [1.807, 2.05) is 13.0 Å². The Kier molecular flexibility index (Phi) is 5.00. The van der Waals surface area contributed by atoms with Gasteiger partial charge in [0.1, 0.15) is 0 Å². The maximum Gasteiger partial charge on any atom is 0.416 e. The van der Waals surface area contributed by atoms with Crippen molar-refractivity contribution in [2.24, 2.45) is 0 Å². The molecule has 0 N–H and O–H groups in total. The second kappa shape index (κ2) is 6.62. The molecule has 6 heteroatoms. The third-order valence-corrected chi connectivity index (χ3v) is 3.93. The van der Waals surface area contributed by atoms with E-state index in [-0.39, 0.29) is 17.5 Å². The minimum atomic E-state index is -4.42. The van der Waals surface area contributed by atoms with Crippen LogP contribution in [0.2, 0.25) is 5.02 Å². The van der Waals surface area contributed by atoms with Crippen molar-refractivity contribution >= 4 is 17.5 Å². The van der Waals surface area contributed by atoms with Gasteiger partial charge in [0, 0.05) is 17.6 Å². The summed E-state index contributed by atoms with van der Waals surface area (Å²) in [5, 5.41) is 0.560. The largest absolute Gasteiger partial charge is 0.416 e. The van der Waals surface area contributed by atoms with E-state index < -0.39 is 11.7 Å². The molecule has 23 heavy (non-hydrogen) atoms. The summed E-state index contributed by atoms with van der Waals surface area (Å²) >= 11 is 5.94. The molecular weight excluding hydrogens is 327 g/mol. The van der Waals surface area contributed by atoms with Crippen molar-refractivity contribution in [2.75, 3.05) is 7.05 Å². The highest BCUT2D eigenvalue weighted by molar-refractivity contribution is 6.30. The van der Waals surface area contributed by atoms with Gasteiger partial charge < -0.3 is 4.90 Å². The van der Waals surface area contributed by atoms with Gasteiger partial charge in [0.15, 0.2) is 0 Å². The van der Waals surface area contributed by atoms with Gasteiger partial charge in [-0.25, -0.2) is 0 Å². The molecule has 1 unspecified atom stereocenters. The van der Waals surface area contributed by atoms with Gasteiger partial charge in [-0.05, 0) is 48.9 Å². The Morgan fingerprint density at radius 3 is 2.26 bits per heavy atom. The summed E-state index contributed by atoms with van der Waals surface area (Å²) < 4.78 is 37.7. The lowest BCUT2D eigenvalue weighted by Gasteiger charge is -2.25. The Hall–Kier alpha value is -2.01. The molecule has 2 aromatic rings. The molecule has 0 aromatic heterocycles. The van der Waals surface area contributed by atoms with Crippen LogP contribution < -0.4 is 0 Å². The van der Waals surface area contributed by atoms with Crippen LogP contribution in [0.3, 0.4) is 0 Å². The number of halogens is 4. The Bertz CT molecular complexity index is 698. The van der Waals surface area contributed by atoms with Crippen molar-refractivity contribution in [1.29, 1.82) is 0 Å². The highest BCUT2D eigenvalue weighted by Crippen LogP contribution is 2.29. The third-order valence-electron chi connectivity index (χ3n) is 3.69.